The largest absolute Gasteiger partial charge is 0.268 e. The van der Waals surface area contributed by atoms with Gasteiger partial charge in [0.05, 0.1) is 10.8 Å². The SMILES string of the molecule is CCC(C)(CC)NN=O. The molecule has 0 aliphatic carbocycles. The molecule has 0 heterocycles. The Morgan fingerprint density at radius 3 is 2.00 bits per heavy atom. The summed E-state index contributed by atoms with van der Waals surface area (Å²) in [4.78, 5) is 9.78. The van der Waals surface area contributed by atoms with Crippen LogP contribution in [0, 0.1) is 4.91 Å². The Bertz CT molecular complexity index is 89.1. The standard InChI is InChI=1S/C6H14N2O/c1-4-6(3,5-2)7-8-9/h4-5H2,1-3H3,(H,7,9). The molecular weight excluding hydrogens is 116 g/mol. The number of hydrogen-bond donors (Lipinski definition) is 1. The molecule has 0 rings (SSSR count). The number of hydrogen-bond acceptors (Lipinski definition) is 2. The summed E-state index contributed by atoms with van der Waals surface area (Å²) in [5.74, 6) is 0. The molecule has 3 heteroatoms. The van der Waals surface area contributed by atoms with Crippen LogP contribution in [0.4, 0.5) is 0 Å². The molecule has 3 nitrogen and oxygen atoms in total. The van der Waals surface area contributed by atoms with E-state index in [1.54, 1.807) is 0 Å². The van der Waals surface area contributed by atoms with Crippen LogP contribution in [-0.4, -0.2) is 5.54 Å². The van der Waals surface area contributed by atoms with Crippen LogP contribution in [0.3, 0.4) is 0 Å². The minimum absolute atomic E-state index is 0.0955. The molecular formula is C6H14N2O. The van der Waals surface area contributed by atoms with Crippen LogP contribution in [-0.2, 0) is 0 Å². The molecule has 9 heavy (non-hydrogen) atoms. The lowest BCUT2D eigenvalue weighted by Crippen LogP contribution is -2.36. The predicted octanol–water partition coefficient (Wildman–Crippen LogP) is 1.84. The molecule has 54 valence electrons. The average molecular weight is 130 g/mol. The van der Waals surface area contributed by atoms with Gasteiger partial charge in [-0.15, -0.1) is 4.91 Å². The molecule has 0 saturated heterocycles. The van der Waals surface area contributed by atoms with Gasteiger partial charge >= 0.3 is 0 Å². The van der Waals surface area contributed by atoms with Gasteiger partial charge in [0.2, 0.25) is 0 Å². The van der Waals surface area contributed by atoms with Crippen molar-refractivity contribution in [3.8, 4) is 0 Å². The minimum Gasteiger partial charge on any atom is -0.268 e. The van der Waals surface area contributed by atoms with E-state index in [1.807, 2.05) is 20.8 Å². The molecule has 1 N–H and O–H groups in total. The van der Waals surface area contributed by atoms with Gasteiger partial charge in [-0.05, 0) is 19.8 Å². The van der Waals surface area contributed by atoms with Crippen molar-refractivity contribution >= 4 is 0 Å². The smallest absolute Gasteiger partial charge is 0.0547 e. The number of nitrogens with zero attached hydrogens (tertiary/aromatic N) is 1. The average Bonchev–Trinajstić information content (AvgIpc) is 1.89. The van der Waals surface area contributed by atoms with E-state index in [-0.39, 0.29) is 5.54 Å². The summed E-state index contributed by atoms with van der Waals surface area (Å²) in [6.07, 6.45) is 1.85. The Kier molecular flexibility index (Phi) is 3.20. The zero-order chi connectivity index (χ0) is 7.33. The topological polar surface area (TPSA) is 41.5 Å². The quantitative estimate of drug-likeness (QED) is 0.466. The van der Waals surface area contributed by atoms with E-state index < -0.39 is 0 Å². The van der Waals surface area contributed by atoms with Crippen molar-refractivity contribution in [1.29, 1.82) is 0 Å². The molecule has 0 atom stereocenters. The van der Waals surface area contributed by atoms with E-state index in [0.717, 1.165) is 12.8 Å². The van der Waals surface area contributed by atoms with Crippen molar-refractivity contribution in [3.63, 3.8) is 0 Å². The van der Waals surface area contributed by atoms with Gasteiger partial charge < -0.3 is 0 Å². The highest BCUT2D eigenvalue weighted by Gasteiger charge is 2.17. The second-order valence-electron chi connectivity index (χ2n) is 2.47. The van der Waals surface area contributed by atoms with Crippen LogP contribution in [0.2, 0.25) is 0 Å². The summed E-state index contributed by atoms with van der Waals surface area (Å²) >= 11 is 0. The van der Waals surface area contributed by atoms with Crippen LogP contribution in [0.5, 0.6) is 0 Å². The van der Waals surface area contributed by atoms with Gasteiger partial charge in [-0.3, -0.25) is 5.43 Å². The third-order valence-corrected chi connectivity index (χ3v) is 1.88. The van der Waals surface area contributed by atoms with E-state index in [1.165, 1.54) is 0 Å². The fourth-order valence-corrected chi connectivity index (χ4v) is 0.518. The lowest BCUT2D eigenvalue weighted by Gasteiger charge is -2.23. The Balaban J connectivity index is 3.75. The van der Waals surface area contributed by atoms with Crippen LogP contribution in [0.25, 0.3) is 0 Å². The van der Waals surface area contributed by atoms with Gasteiger partial charge in [0.25, 0.3) is 0 Å². The summed E-state index contributed by atoms with van der Waals surface area (Å²) in [5.41, 5.74) is 2.43. The summed E-state index contributed by atoms with van der Waals surface area (Å²) < 4.78 is 0. The van der Waals surface area contributed by atoms with Crippen molar-refractivity contribution in [2.24, 2.45) is 5.29 Å². The fraction of sp³-hybridized carbons (Fsp3) is 1.00. The zero-order valence-electron chi connectivity index (χ0n) is 6.27. The first kappa shape index (κ1) is 8.40. The maximum atomic E-state index is 9.78. The van der Waals surface area contributed by atoms with E-state index >= 15 is 0 Å². The van der Waals surface area contributed by atoms with Crippen LogP contribution in [0.15, 0.2) is 5.29 Å². The van der Waals surface area contributed by atoms with Crippen molar-refractivity contribution < 1.29 is 0 Å². The normalized spacial score (nSPS) is 11.0. The number of rotatable bonds is 4. The molecule has 0 radical (unpaired) electrons. The van der Waals surface area contributed by atoms with Crippen molar-refractivity contribution in [2.75, 3.05) is 0 Å². The molecule has 0 aliphatic heterocycles. The van der Waals surface area contributed by atoms with Crippen LogP contribution < -0.4 is 5.43 Å². The fourth-order valence-electron chi connectivity index (χ4n) is 0.518. The first-order valence-electron chi connectivity index (χ1n) is 3.28. The maximum Gasteiger partial charge on any atom is 0.0547 e. The van der Waals surface area contributed by atoms with Gasteiger partial charge in [-0.2, -0.15) is 0 Å². The minimum atomic E-state index is -0.0955. The maximum absolute atomic E-state index is 9.78. The van der Waals surface area contributed by atoms with Crippen molar-refractivity contribution in [3.05, 3.63) is 4.91 Å². The lowest BCUT2D eigenvalue weighted by molar-refractivity contribution is 0.338. The summed E-state index contributed by atoms with van der Waals surface area (Å²) in [6.45, 7) is 6.04. The molecule has 0 spiro atoms. The van der Waals surface area contributed by atoms with Gasteiger partial charge in [0.1, 0.15) is 0 Å². The molecule has 0 aromatic carbocycles. The summed E-state index contributed by atoms with van der Waals surface area (Å²) in [6, 6.07) is 0. The monoisotopic (exact) mass is 130 g/mol. The Hall–Kier alpha value is -0.600. The van der Waals surface area contributed by atoms with E-state index in [2.05, 4.69) is 10.7 Å². The van der Waals surface area contributed by atoms with E-state index in [9.17, 15) is 4.91 Å². The lowest BCUT2D eigenvalue weighted by atomic mass is 9.97. The summed E-state index contributed by atoms with van der Waals surface area (Å²) in [7, 11) is 0. The molecule has 0 aromatic rings. The van der Waals surface area contributed by atoms with Gasteiger partial charge in [-0.25, -0.2) is 0 Å². The first-order chi connectivity index (χ1) is 4.18. The van der Waals surface area contributed by atoms with Crippen molar-refractivity contribution in [2.45, 2.75) is 39.2 Å². The molecule has 0 bridgehead atoms. The Labute approximate surface area is 55.8 Å². The van der Waals surface area contributed by atoms with Gasteiger partial charge in [0, 0.05) is 0 Å². The zero-order valence-corrected chi connectivity index (χ0v) is 6.27. The second kappa shape index (κ2) is 3.43. The number of nitroso groups, excluding NO2 is 1. The molecule has 0 aromatic heterocycles. The molecule has 0 amide bonds. The van der Waals surface area contributed by atoms with Crippen LogP contribution in [0.1, 0.15) is 33.6 Å². The van der Waals surface area contributed by atoms with Gasteiger partial charge in [0.15, 0.2) is 0 Å². The van der Waals surface area contributed by atoms with Crippen LogP contribution >= 0.6 is 0 Å². The highest BCUT2D eigenvalue weighted by atomic mass is 16.3. The Morgan fingerprint density at radius 2 is 1.89 bits per heavy atom. The molecule has 0 unspecified atom stereocenters. The highest BCUT2D eigenvalue weighted by molar-refractivity contribution is 4.76. The molecule has 0 aliphatic rings. The van der Waals surface area contributed by atoms with Crippen molar-refractivity contribution in [1.82, 2.24) is 5.43 Å². The van der Waals surface area contributed by atoms with E-state index in [0.29, 0.717) is 0 Å². The van der Waals surface area contributed by atoms with E-state index in [4.69, 9.17) is 0 Å². The third kappa shape index (κ3) is 2.44. The Morgan fingerprint density at radius 1 is 1.44 bits per heavy atom. The predicted molar refractivity (Wildman–Crippen MR) is 37.9 cm³/mol. The second-order valence-corrected chi connectivity index (χ2v) is 2.47. The molecule has 0 fully saturated rings. The van der Waals surface area contributed by atoms with Gasteiger partial charge in [-0.1, -0.05) is 13.8 Å². The summed E-state index contributed by atoms with van der Waals surface area (Å²) in [5, 5.41) is 2.65. The first-order valence-corrected chi connectivity index (χ1v) is 3.28. The third-order valence-electron chi connectivity index (χ3n) is 1.88. The number of nitrogens with one attached hydrogen (secondary N) is 1. The molecule has 0 saturated carbocycles. The highest BCUT2D eigenvalue weighted by Crippen LogP contribution is 2.12.